The average Bonchev–Trinajstić information content (AvgIpc) is 2.74. The van der Waals surface area contributed by atoms with E-state index in [9.17, 15) is 9.90 Å². The van der Waals surface area contributed by atoms with E-state index in [1.165, 1.54) is 24.8 Å². The minimum atomic E-state index is -0.485. The molecule has 3 heteroatoms. The highest BCUT2D eigenvalue weighted by atomic mass is 16.5. The van der Waals surface area contributed by atoms with E-state index in [4.69, 9.17) is 4.74 Å². The van der Waals surface area contributed by atoms with Gasteiger partial charge in [0, 0.05) is 0 Å². The molecule has 0 saturated heterocycles. The number of phenolic OH excluding ortho intramolecular Hbond substituents is 1. The summed E-state index contributed by atoms with van der Waals surface area (Å²) in [4.78, 5) is 13.0. The van der Waals surface area contributed by atoms with Crippen LogP contribution < -0.4 is 4.74 Å². The molecule has 1 N–H and O–H groups in total. The number of rotatable bonds is 6. The van der Waals surface area contributed by atoms with Crippen LogP contribution in [0.25, 0.3) is 0 Å². The van der Waals surface area contributed by atoms with Crippen molar-refractivity contribution < 1.29 is 14.6 Å². The van der Waals surface area contributed by atoms with Crippen LogP contribution in [0.15, 0.2) is 29.8 Å². The molecule has 4 atom stereocenters. The average molecular weight is 427 g/mol. The van der Waals surface area contributed by atoms with E-state index in [1.54, 1.807) is 12.1 Å². The maximum Gasteiger partial charge on any atom is 0.317 e. The van der Waals surface area contributed by atoms with Gasteiger partial charge in [0.25, 0.3) is 0 Å². The van der Waals surface area contributed by atoms with Gasteiger partial charge in [-0.15, -0.1) is 0 Å². The molecule has 3 nitrogen and oxygen atoms in total. The molecule has 0 radical (unpaired) electrons. The summed E-state index contributed by atoms with van der Waals surface area (Å²) in [6.07, 6.45) is 9.52. The fourth-order valence-electron chi connectivity index (χ4n) is 6.18. The van der Waals surface area contributed by atoms with Crippen molar-refractivity contribution in [3.05, 3.63) is 35.4 Å². The second kappa shape index (κ2) is 8.64. The van der Waals surface area contributed by atoms with E-state index in [-0.39, 0.29) is 22.5 Å². The summed E-state index contributed by atoms with van der Waals surface area (Å²) in [5.74, 6) is 1.82. The number of hydrogen-bond donors (Lipinski definition) is 1. The van der Waals surface area contributed by atoms with Gasteiger partial charge in [0.15, 0.2) is 0 Å². The van der Waals surface area contributed by atoms with Crippen LogP contribution in [0.3, 0.4) is 0 Å². The first-order chi connectivity index (χ1) is 14.5. The summed E-state index contributed by atoms with van der Waals surface area (Å²) in [6, 6.07) is 5.22. The fourth-order valence-corrected chi connectivity index (χ4v) is 6.18. The largest absolute Gasteiger partial charge is 0.508 e. The quantitative estimate of drug-likeness (QED) is 0.291. The van der Waals surface area contributed by atoms with Crippen LogP contribution in [0.5, 0.6) is 11.5 Å². The van der Waals surface area contributed by atoms with Crippen LogP contribution >= 0.6 is 0 Å². The zero-order valence-corrected chi connectivity index (χ0v) is 20.7. The lowest BCUT2D eigenvalue weighted by molar-refractivity contribution is -0.145. The van der Waals surface area contributed by atoms with E-state index < -0.39 is 5.41 Å². The van der Waals surface area contributed by atoms with Crippen molar-refractivity contribution >= 4 is 5.97 Å². The van der Waals surface area contributed by atoms with Crippen molar-refractivity contribution in [3.63, 3.8) is 0 Å². The van der Waals surface area contributed by atoms with Gasteiger partial charge in [0.2, 0.25) is 0 Å². The molecule has 172 valence electrons. The zero-order chi connectivity index (χ0) is 23.0. The van der Waals surface area contributed by atoms with Gasteiger partial charge in [-0.25, -0.2) is 0 Å². The van der Waals surface area contributed by atoms with Crippen LogP contribution in [0, 0.1) is 28.1 Å². The molecule has 1 aromatic carbocycles. The summed E-state index contributed by atoms with van der Waals surface area (Å²) in [7, 11) is 0. The highest BCUT2D eigenvalue weighted by Crippen LogP contribution is 2.61. The van der Waals surface area contributed by atoms with E-state index in [1.807, 2.05) is 26.8 Å². The molecular formula is C28H42O3. The first-order valence-electron chi connectivity index (χ1n) is 12.2. The summed E-state index contributed by atoms with van der Waals surface area (Å²) >= 11 is 0. The number of phenols is 1. The third-order valence-electron chi connectivity index (χ3n) is 9.47. The first-order valence-corrected chi connectivity index (χ1v) is 12.2. The molecule has 0 spiro atoms. The molecule has 0 heterocycles. The lowest BCUT2D eigenvalue weighted by Crippen LogP contribution is -2.50. The lowest BCUT2D eigenvalue weighted by atomic mass is 9.47. The van der Waals surface area contributed by atoms with Gasteiger partial charge in [-0.2, -0.15) is 0 Å². The smallest absolute Gasteiger partial charge is 0.317 e. The monoisotopic (exact) mass is 426 g/mol. The fraction of sp³-hybridized carbons (Fsp3) is 0.679. The molecular weight excluding hydrogens is 384 g/mol. The van der Waals surface area contributed by atoms with Gasteiger partial charge >= 0.3 is 5.97 Å². The van der Waals surface area contributed by atoms with Gasteiger partial charge in [-0.3, -0.25) is 4.79 Å². The Balaban J connectivity index is 1.97. The molecule has 3 rings (SSSR count). The number of benzene rings is 1. The maximum absolute atomic E-state index is 13.0. The molecule has 1 saturated carbocycles. The molecule has 1 aromatic rings. The number of fused-ring (bicyclic) bond motifs is 1. The molecule has 0 amide bonds. The highest BCUT2D eigenvalue weighted by molar-refractivity contribution is 5.79. The Labute approximate surface area is 189 Å². The van der Waals surface area contributed by atoms with E-state index >= 15 is 0 Å². The van der Waals surface area contributed by atoms with E-state index in [0.29, 0.717) is 17.6 Å². The Hall–Kier alpha value is -1.77. The molecule has 0 aromatic heterocycles. The Morgan fingerprint density at radius 3 is 2.55 bits per heavy atom. The number of carbonyl (C=O) groups excluding carboxylic acids is 1. The minimum absolute atomic E-state index is 0.0796. The zero-order valence-electron chi connectivity index (χ0n) is 20.7. The molecule has 31 heavy (non-hydrogen) atoms. The van der Waals surface area contributed by atoms with Crippen LogP contribution in [-0.2, 0) is 11.2 Å². The highest BCUT2D eigenvalue weighted by Gasteiger charge is 2.53. The molecule has 2 aliphatic rings. The molecule has 2 aliphatic carbocycles. The number of aromatic hydroxyl groups is 1. The van der Waals surface area contributed by atoms with Gasteiger partial charge in [-0.1, -0.05) is 46.3 Å². The van der Waals surface area contributed by atoms with Crippen molar-refractivity contribution in [1.29, 1.82) is 0 Å². The topological polar surface area (TPSA) is 46.5 Å². The van der Waals surface area contributed by atoms with Gasteiger partial charge in [0.1, 0.15) is 11.5 Å². The normalized spacial score (nSPS) is 31.0. The van der Waals surface area contributed by atoms with E-state index in [0.717, 1.165) is 31.2 Å². The second-order valence-electron chi connectivity index (χ2n) is 11.0. The summed E-state index contributed by atoms with van der Waals surface area (Å²) in [5, 5.41) is 10.3. The Kier molecular flexibility index (Phi) is 6.65. The molecule has 0 unspecified atom stereocenters. The van der Waals surface area contributed by atoms with Crippen LogP contribution in [0.2, 0.25) is 0 Å². The van der Waals surface area contributed by atoms with Crippen LogP contribution in [-0.4, -0.2) is 11.1 Å². The minimum Gasteiger partial charge on any atom is -0.508 e. The number of carbonyl (C=O) groups is 1. The van der Waals surface area contributed by atoms with Crippen molar-refractivity contribution in [2.24, 2.45) is 28.1 Å². The SMILES string of the molecule is CCC(C)(CC)C(=O)Oc1ccc(O)cc1C[C@]1(C)[C@@H](C)CC[C@]2(C)C(C)=CCC[C@@H]12. The third-order valence-corrected chi connectivity index (χ3v) is 9.47. The number of esters is 1. The molecule has 0 bridgehead atoms. The number of allylic oxidation sites excluding steroid dienone is 2. The van der Waals surface area contributed by atoms with Crippen LogP contribution in [0.1, 0.15) is 92.6 Å². The van der Waals surface area contributed by atoms with Gasteiger partial charge < -0.3 is 9.84 Å². The number of ether oxygens (including phenoxy) is 1. The second-order valence-corrected chi connectivity index (χ2v) is 11.0. The number of hydrogen-bond acceptors (Lipinski definition) is 3. The summed E-state index contributed by atoms with van der Waals surface area (Å²) in [5.41, 5.74) is 2.31. The first kappa shape index (κ1) is 23.9. The Morgan fingerprint density at radius 1 is 1.23 bits per heavy atom. The maximum atomic E-state index is 13.0. The summed E-state index contributed by atoms with van der Waals surface area (Å²) in [6.45, 7) is 15.6. The predicted octanol–water partition coefficient (Wildman–Crippen LogP) is 7.47. The molecule has 0 aliphatic heterocycles. The standard InChI is InChI=1S/C28H42O3/c1-8-26(5,9-2)25(30)31-23-14-13-22(29)17-21(23)18-28(7)20(4)15-16-27(6)19(3)11-10-12-24(27)28/h11,13-14,17,20,24,29H,8-10,12,15-16,18H2,1-7H3/t20-,24+,27+,28+/m0/s1. The lowest BCUT2D eigenvalue weighted by Gasteiger charge is -2.58. The van der Waals surface area contributed by atoms with Gasteiger partial charge in [-0.05, 0) is 105 Å². The third kappa shape index (κ3) is 4.17. The summed E-state index contributed by atoms with van der Waals surface area (Å²) < 4.78 is 5.99. The van der Waals surface area contributed by atoms with Gasteiger partial charge in [0.05, 0.1) is 5.41 Å². The van der Waals surface area contributed by atoms with E-state index in [2.05, 4.69) is 33.8 Å². The van der Waals surface area contributed by atoms with Crippen molar-refractivity contribution in [2.45, 2.75) is 93.4 Å². The Morgan fingerprint density at radius 2 is 1.90 bits per heavy atom. The van der Waals surface area contributed by atoms with Crippen LogP contribution in [0.4, 0.5) is 0 Å². The van der Waals surface area contributed by atoms with Crippen molar-refractivity contribution in [2.75, 3.05) is 0 Å². The molecule has 1 fully saturated rings. The Bertz CT molecular complexity index is 850. The predicted molar refractivity (Wildman–Crippen MR) is 127 cm³/mol. The van der Waals surface area contributed by atoms with Crippen molar-refractivity contribution in [1.82, 2.24) is 0 Å². The van der Waals surface area contributed by atoms with Crippen molar-refractivity contribution in [3.8, 4) is 11.5 Å².